The van der Waals surface area contributed by atoms with E-state index in [1.807, 2.05) is 0 Å². The fraction of sp³-hybridized carbons (Fsp3) is 0.255. The van der Waals surface area contributed by atoms with E-state index in [4.69, 9.17) is 0 Å². The minimum atomic E-state index is -3.08. The van der Waals surface area contributed by atoms with Crippen LogP contribution in [0.2, 0.25) is 3.63 Å². The molecule has 6 aromatic carbocycles. The van der Waals surface area contributed by atoms with Gasteiger partial charge in [0.05, 0.1) is 0 Å². The summed E-state index contributed by atoms with van der Waals surface area (Å²) in [6.45, 7) is 19.0. The van der Waals surface area contributed by atoms with E-state index in [9.17, 15) is 0 Å². The minimum absolute atomic E-state index is 0.0438. The third kappa shape index (κ3) is 7.29. The van der Waals surface area contributed by atoms with Crippen molar-refractivity contribution < 1.29 is 21.3 Å². The molecule has 280 valence electrons. The molecule has 0 saturated carbocycles. The van der Waals surface area contributed by atoms with Crippen molar-refractivity contribution >= 4 is 3.21 Å². The van der Waals surface area contributed by atoms with Crippen LogP contribution in [0.4, 0.5) is 0 Å². The molecule has 0 N–H and O–H groups in total. The molecule has 0 radical (unpaired) electrons. The van der Waals surface area contributed by atoms with Gasteiger partial charge >= 0.3 is 346 Å². The molecule has 0 aliphatic heterocycles. The van der Waals surface area contributed by atoms with E-state index in [-0.39, 0.29) is 22.7 Å². The van der Waals surface area contributed by atoms with Gasteiger partial charge in [0.1, 0.15) is 0 Å². The second-order valence-corrected chi connectivity index (χ2v) is 24.9. The van der Waals surface area contributed by atoms with Crippen molar-refractivity contribution in [2.75, 3.05) is 0 Å². The number of aryl methyl sites for hydroxylation is 2. The molecule has 0 atom stereocenters. The van der Waals surface area contributed by atoms with E-state index >= 15 is 0 Å². The van der Waals surface area contributed by atoms with E-state index in [2.05, 4.69) is 225 Å². The van der Waals surface area contributed by atoms with Crippen LogP contribution in [0, 0.1) is 13.8 Å². The normalized spacial score (nSPS) is 14.1. The first kappa shape index (κ1) is 38.4. The van der Waals surface area contributed by atoms with Crippen LogP contribution in [0.1, 0.15) is 113 Å². The maximum absolute atomic E-state index is 3.08. The summed E-state index contributed by atoms with van der Waals surface area (Å²) in [6, 6.07) is 56.3. The molecule has 1 heteroatoms. The van der Waals surface area contributed by atoms with Gasteiger partial charge in [-0.3, -0.25) is 0 Å². The number of hydrogen-bond acceptors (Lipinski definition) is 0. The van der Waals surface area contributed by atoms with Gasteiger partial charge in [-0.05, 0) is 0 Å². The summed E-state index contributed by atoms with van der Waals surface area (Å²) in [6.07, 6.45) is 9.81. The first-order valence-electron chi connectivity index (χ1n) is 20.5. The first-order valence-corrected chi connectivity index (χ1v) is 24.6. The molecule has 8 rings (SSSR count). The van der Waals surface area contributed by atoms with Gasteiger partial charge in [0, 0.05) is 0 Å². The Morgan fingerprint density at radius 3 is 1.09 bits per heavy atom. The van der Waals surface area contributed by atoms with Crippen LogP contribution >= 0.6 is 0 Å². The number of allylic oxidation sites excluding steroid dienone is 4. The van der Waals surface area contributed by atoms with Gasteiger partial charge in [0.2, 0.25) is 0 Å². The Morgan fingerprint density at radius 1 is 0.464 bits per heavy atom. The second kappa shape index (κ2) is 15.5. The average molecular weight is 808 g/mol. The number of rotatable bonds is 8. The molecule has 0 fully saturated rings. The Hall–Kier alpha value is -4.45. The van der Waals surface area contributed by atoms with Crippen LogP contribution in [-0.2, 0) is 32.1 Å². The standard InChI is InChI=1S/C27H22.C23H29.C5H5.Zr/c1-5-13-22(14-6-1)26(23-15-7-2-8-16-23)21-27(24-17-9-3-10-18-24)25-19-11-4-12-20-25;1-14-9-16-11-17-10-15(2)21(23(6,7)8)13-19(17)18(16)12-20(14)22(3,4)5;1-2-4-5-3-1;/h1-20,26-27H;9-13H,1-8H3;1-5H;. The van der Waals surface area contributed by atoms with Gasteiger partial charge in [-0.15, -0.1) is 0 Å². The third-order valence-corrected chi connectivity index (χ3v) is 21.1. The molecule has 2 aliphatic rings. The molecule has 0 nitrogen and oxygen atoms in total. The van der Waals surface area contributed by atoms with E-state index in [1.165, 1.54) is 55.6 Å². The topological polar surface area (TPSA) is 0 Å². The van der Waals surface area contributed by atoms with Crippen LogP contribution in [0.5, 0.6) is 0 Å². The van der Waals surface area contributed by atoms with Crippen molar-refractivity contribution in [3.63, 3.8) is 0 Å². The van der Waals surface area contributed by atoms with Crippen LogP contribution < -0.4 is 0 Å². The summed E-state index contributed by atoms with van der Waals surface area (Å²) in [5.41, 5.74) is 17.4. The molecular weight excluding hydrogens is 752 g/mol. The van der Waals surface area contributed by atoms with Gasteiger partial charge < -0.3 is 0 Å². The van der Waals surface area contributed by atoms with E-state index in [0.717, 1.165) is 0 Å². The zero-order chi connectivity index (χ0) is 39.2. The van der Waals surface area contributed by atoms with E-state index in [1.54, 1.807) is 14.3 Å². The van der Waals surface area contributed by atoms with Crippen molar-refractivity contribution in [2.24, 2.45) is 0 Å². The maximum atomic E-state index is 2.63. The fourth-order valence-electron chi connectivity index (χ4n) is 9.90. The van der Waals surface area contributed by atoms with Crippen molar-refractivity contribution in [2.45, 2.75) is 85.3 Å². The SMILES string of the molecule is Cc1cc2c(cc1C(C)(C)C)-c1cc(C(C)(C)C)c(C)cc1[CH]2[Zr](=[C](C(c1ccccc1)c1ccccc1)C(c1ccccc1)c1ccccc1)[CH]1C=CC=C1. The molecule has 0 amide bonds. The zero-order valence-electron chi connectivity index (χ0n) is 34.5. The van der Waals surface area contributed by atoms with Crippen LogP contribution in [-0.4, -0.2) is 3.21 Å². The number of hydrogen-bond donors (Lipinski definition) is 0. The Labute approximate surface area is 344 Å². The van der Waals surface area contributed by atoms with Gasteiger partial charge in [0.25, 0.3) is 0 Å². The predicted molar refractivity (Wildman–Crippen MR) is 237 cm³/mol. The van der Waals surface area contributed by atoms with Crippen molar-refractivity contribution in [1.29, 1.82) is 0 Å². The first-order chi connectivity index (χ1) is 26.9. The van der Waals surface area contributed by atoms with Crippen LogP contribution in [0.3, 0.4) is 0 Å². The molecule has 0 bridgehead atoms. The molecule has 0 spiro atoms. The molecule has 0 aromatic heterocycles. The predicted octanol–water partition coefficient (Wildman–Crippen LogP) is 14.3. The molecule has 56 heavy (non-hydrogen) atoms. The molecular formula is C55H56Zr. The third-order valence-electron chi connectivity index (χ3n) is 12.2. The average Bonchev–Trinajstić information content (AvgIpc) is 3.82. The molecule has 0 saturated heterocycles. The molecule has 2 aliphatic carbocycles. The Kier molecular flexibility index (Phi) is 10.6. The van der Waals surface area contributed by atoms with Crippen molar-refractivity contribution in [3.8, 4) is 11.1 Å². The molecule has 0 heterocycles. The summed E-state index contributed by atoms with van der Waals surface area (Å²) in [5, 5.41) is 0. The van der Waals surface area contributed by atoms with Crippen molar-refractivity contribution in [1.82, 2.24) is 0 Å². The van der Waals surface area contributed by atoms with E-state index in [0.29, 0.717) is 7.25 Å². The summed E-state index contributed by atoms with van der Waals surface area (Å²) < 4.78 is 2.47. The summed E-state index contributed by atoms with van der Waals surface area (Å²) in [4.78, 5) is 0. The van der Waals surface area contributed by atoms with E-state index < -0.39 is 21.3 Å². The Morgan fingerprint density at radius 2 is 0.786 bits per heavy atom. The quantitative estimate of drug-likeness (QED) is 0.144. The molecule has 0 unspecified atom stereocenters. The fourth-order valence-corrected chi connectivity index (χ4v) is 20.3. The van der Waals surface area contributed by atoms with Gasteiger partial charge in [-0.1, -0.05) is 0 Å². The molecule has 6 aromatic rings. The van der Waals surface area contributed by atoms with Crippen LogP contribution in [0.15, 0.2) is 170 Å². The Balaban J connectivity index is 1.58. The summed E-state index contributed by atoms with van der Waals surface area (Å²) in [7, 11) is 0. The summed E-state index contributed by atoms with van der Waals surface area (Å²) in [5.74, 6) is 0.244. The van der Waals surface area contributed by atoms with Crippen LogP contribution in [0.25, 0.3) is 11.1 Å². The monoisotopic (exact) mass is 806 g/mol. The second-order valence-electron chi connectivity index (χ2n) is 18.2. The number of benzene rings is 6. The summed E-state index contributed by atoms with van der Waals surface area (Å²) >= 11 is -3.08. The van der Waals surface area contributed by atoms with Gasteiger partial charge in [-0.25, -0.2) is 0 Å². The van der Waals surface area contributed by atoms with Gasteiger partial charge in [0.15, 0.2) is 0 Å². The Bertz CT molecular complexity index is 2190. The van der Waals surface area contributed by atoms with Crippen molar-refractivity contribution in [3.05, 3.63) is 226 Å². The zero-order valence-corrected chi connectivity index (χ0v) is 36.9. The van der Waals surface area contributed by atoms with Gasteiger partial charge in [-0.2, -0.15) is 0 Å². The number of fused-ring (bicyclic) bond motifs is 3.